The first-order valence-corrected chi connectivity index (χ1v) is 20.0. The summed E-state index contributed by atoms with van der Waals surface area (Å²) < 4.78 is 5.67. The summed E-state index contributed by atoms with van der Waals surface area (Å²) in [7, 11) is 0. The van der Waals surface area contributed by atoms with Gasteiger partial charge in [0, 0.05) is 37.3 Å². The topological polar surface area (TPSA) is 70.1 Å². The second kappa shape index (κ2) is 41.7. The largest absolute Gasteiger partial charge is 1.00 e. The Labute approximate surface area is 438 Å². The Bertz CT molecular complexity index is 1640. The standard InChI is InChI=1S/C26H37NO2.C22H29NO2.3CH4.Al.Li.4H2S.4H/c1-6-7-18-24(19-25(28)29-26(3,4)5)27(20-22-14-10-8-11-15-22)21(2)23-16-12-9-13-17-23;1-3-4-15-21(16-22(24)25)23(17-19-11-7-5-8-12-19)18(2)20-13-9-6-10-14-20;;;;;;;;;;;;;/h8-17,21,24H,6-7,18-20H2,1-5H3;5-14,18,21H,3-4,15-17H2,1-2H3,(H,24,25);3*1H4;;;4*1H2;;;;/q;;;;;;+1;;;;;;;;-1/t21-,24-;18-,21-;;;;;;;;;;;;;/m00............./s1. The number of rotatable bonds is 20. The zero-order chi connectivity index (χ0) is 39.3. The number of carbonyl (C=O) groups excluding carboxylic acids is 1. The van der Waals surface area contributed by atoms with Crippen molar-refractivity contribution < 1.29 is 39.7 Å². The molecule has 0 unspecified atom stereocenters. The Morgan fingerprint density at radius 1 is 0.587 bits per heavy atom. The fourth-order valence-electron chi connectivity index (χ4n) is 7.03. The molecule has 0 bridgehead atoms. The van der Waals surface area contributed by atoms with E-state index in [0.29, 0.717) is 6.42 Å². The van der Waals surface area contributed by atoms with Gasteiger partial charge in [0.05, 0.1) is 12.8 Å². The van der Waals surface area contributed by atoms with Gasteiger partial charge in [-0.05, 0) is 69.7 Å². The van der Waals surface area contributed by atoms with Gasteiger partial charge in [0.2, 0.25) is 0 Å². The number of benzene rings is 4. The molecule has 63 heavy (non-hydrogen) atoms. The van der Waals surface area contributed by atoms with Crippen LogP contribution in [0.4, 0.5) is 0 Å². The molecular formula is C51H90AlLiN2O4S4. The molecule has 0 radical (unpaired) electrons. The van der Waals surface area contributed by atoms with Crippen LogP contribution in [0.3, 0.4) is 0 Å². The normalized spacial score (nSPS) is 11.8. The molecule has 0 heterocycles. The van der Waals surface area contributed by atoms with E-state index in [0.717, 1.165) is 51.6 Å². The van der Waals surface area contributed by atoms with E-state index in [4.69, 9.17) is 4.74 Å². The maximum Gasteiger partial charge on any atom is 1.00 e. The Balaban J connectivity index is -0.000000142. The number of carboxylic acids is 1. The van der Waals surface area contributed by atoms with E-state index in [1.54, 1.807) is 0 Å². The first kappa shape index (κ1) is 75.6. The van der Waals surface area contributed by atoms with Crippen LogP contribution in [0.2, 0.25) is 0 Å². The average molecular weight is 957 g/mol. The molecule has 0 aliphatic heterocycles. The molecule has 0 aliphatic carbocycles. The molecule has 0 amide bonds. The van der Waals surface area contributed by atoms with E-state index in [-0.39, 0.29) is 150 Å². The smallest absolute Gasteiger partial charge is 1.00 e. The number of hydrogen-bond donors (Lipinski definition) is 1. The number of unbranched alkanes of at least 4 members (excludes halogenated alkanes) is 2. The van der Waals surface area contributed by atoms with Crippen molar-refractivity contribution in [3.8, 4) is 0 Å². The zero-order valence-electron chi connectivity index (χ0n) is 38.0. The van der Waals surface area contributed by atoms with Gasteiger partial charge in [0.1, 0.15) is 5.60 Å². The van der Waals surface area contributed by atoms with Crippen molar-refractivity contribution in [2.24, 2.45) is 0 Å². The molecule has 0 aromatic heterocycles. The monoisotopic (exact) mass is 957 g/mol. The molecule has 356 valence electrons. The van der Waals surface area contributed by atoms with E-state index in [1.165, 1.54) is 22.3 Å². The summed E-state index contributed by atoms with van der Waals surface area (Å²) >= 11 is 0. The van der Waals surface area contributed by atoms with Crippen molar-refractivity contribution >= 4 is 83.3 Å². The van der Waals surface area contributed by atoms with Crippen LogP contribution in [0, 0.1) is 0 Å². The van der Waals surface area contributed by atoms with E-state index >= 15 is 0 Å². The summed E-state index contributed by atoms with van der Waals surface area (Å²) in [5, 5.41) is 9.42. The van der Waals surface area contributed by atoms with Crippen molar-refractivity contribution in [2.45, 2.75) is 165 Å². The van der Waals surface area contributed by atoms with Crippen molar-refractivity contribution in [1.29, 1.82) is 0 Å². The maximum absolute atomic E-state index is 12.7. The molecule has 6 nitrogen and oxygen atoms in total. The van der Waals surface area contributed by atoms with E-state index < -0.39 is 11.6 Å². The van der Waals surface area contributed by atoms with Crippen molar-refractivity contribution in [3.05, 3.63) is 144 Å². The summed E-state index contributed by atoms with van der Waals surface area (Å²) in [6, 6.07) is 42.3. The molecular weight excluding hydrogens is 867 g/mol. The van der Waals surface area contributed by atoms with E-state index in [1.807, 2.05) is 69.3 Å². The zero-order valence-corrected chi connectivity index (χ0v) is 41.0. The van der Waals surface area contributed by atoms with Crippen molar-refractivity contribution in [2.75, 3.05) is 0 Å². The van der Waals surface area contributed by atoms with Gasteiger partial charge in [-0.1, -0.05) is 183 Å². The predicted molar refractivity (Wildman–Crippen MR) is 296 cm³/mol. The first-order valence-electron chi connectivity index (χ1n) is 20.0. The molecule has 0 spiro atoms. The van der Waals surface area contributed by atoms with Gasteiger partial charge in [-0.3, -0.25) is 19.4 Å². The number of carbonyl (C=O) groups is 2. The number of hydrogen-bond acceptors (Lipinski definition) is 5. The summed E-state index contributed by atoms with van der Waals surface area (Å²) in [5.74, 6) is -0.837. The van der Waals surface area contributed by atoms with E-state index in [9.17, 15) is 14.7 Å². The minimum atomic E-state index is -0.723. The molecule has 0 saturated carbocycles. The second-order valence-electron chi connectivity index (χ2n) is 15.5. The van der Waals surface area contributed by atoms with Crippen LogP contribution >= 0.6 is 54.0 Å². The average Bonchev–Trinajstić information content (AvgIpc) is 3.16. The van der Waals surface area contributed by atoms with Crippen molar-refractivity contribution in [3.63, 3.8) is 0 Å². The summed E-state index contributed by atoms with van der Waals surface area (Å²) in [5.41, 5.74) is 4.53. The van der Waals surface area contributed by atoms with Crippen LogP contribution < -0.4 is 18.9 Å². The number of ether oxygens (including phenoxy) is 1. The fraction of sp³-hybridized carbons (Fsp3) is 0.490. The molecule has 0 fully saturated rings. The minimum Gasteiger partial charge on any atom is -1.00 e. The van der Waals surface area contributed by atoms with Gasteiger partial charge in [-0.2, -0.15) is 54.0 Å². The molecule has 0 saturated heterocycles. The van der Waals surface area contributed by atoms with Gasteiger partial charge < -0.3 is 11.3 Å². The summed E-state index contributed by atoms with van der Waals surface area (Å²) in [6.45, 7) is 16.1. The Kier molecular flexibility index (Phi) is 50.0. The third-order valence-electron chi connectivity index (χ3n) is 9.93. The van der Waals surface area contributed by atoms with Gasteiger partial charge in [-0.15, -0.1) is 0 Å². The van der Waals surface area contributed by atoms with Gasteiger partial charge >= 0.3 is 30.8 Å². The summed E-state index contributed by atoms with van der Waals surface area (Å²) in [6.07, 6.45) is 6.83. The first-order chi connectivity index (χ1) is 25.9. The Hall–Kier alpha value is -1.73. The van der Waals surface area contributed by atoms with Crippen LogP contribution in [0.25, 0.3) is 0 Å². The molecule has 0 aliphatic rings. The number of aliphatic carboxylic acids is 1. The van der Waals surface area contributed by atoms with Crippen LogP contribution in [-0.4, -0.2) is 61.9 Å². The number of esters is 1. The molecule has 4 aromatic rings. The summed E-state index contributed by atoms with van der Waals surface area (Å²) in [4.78, 5) is 29.0. The Morgan fingerprint density at radius 2 is 0.889 bits per heavy atom. The number of nitrogens with zero attached hydrogens (tertiary/aromatic N) is 2. The van der Waals surface area contributed by atoms with Gasteiger partial charge in [-0.25, -0.2) is 0 Å². The third kappa shape index (κ3) is 29.5. The van der Waals surface area contributed by atoms with Gasteiger partial charge in [0.25, 0.3) is 0 Å². The quantitative estimate of drug-likeness (QED) is 0.0703. The van der Waals surface area contributed by atoms with Crippen LogP contribution in [0.15, 0.2) is 121 Å². The predicted octanol–water partition coefficient (Wildman–Crippen LogP) is 10.1. The Morgan fingerprint density at radius 3 is 1.17 bits per heavy atom. The SMILES string of the molecule is C.C.C.CCCC[C@@H](CC(=O)O)N(Cc1ccccc1)[C@@H](C)c1ccccc1.CCCC[C@@H](CC(=O)OC(C)(C)C)N(Cc1ccccc1)[C@@H](C)c1ccccc1.S.S.S.S.[AlH3].[H-].[Li+]. The molecule has 4 rings (SSSR count). The van der Waals surface area contributed by atoms with Gasteiger partial charge in [0.15, 0.2) is 17.4 Å². The van der Waals surface area contributed by atoms with Crippen LogP contribution in [0.5, 0.6) is 0 Å². The third-order valence-corrected chi connectivity index (χ3v) is 9.93. The van der Waals surface area contributed by atoms with Crippen LogP contribution in [0.1, 0.15) is 158 Å². The molecule has 4 aromatic carbocycles. The molecule has 12 heteroatoms. The molecule has 1 N–H and O–H groups in total. The fourth-order valence-corrected chi connectivity index (χ4v) is 7.03. The van der Waals surface area contributed by atoms with Crippen LogP contribution in [-0.2, 0) is 27.4 Å². The number of carboxylic acid groups (broad SMARTS) is 1. The van der Waals surface area contributed by atoms with E-state index in [2.05, 4.69) is 110 Å². The minimum absolute atomic E-state index is 0. The van der Waals surface area contributed by atoms with Crippen molar-refractivity contribution in [1.82, 2.24) is 9.80 Å². The second-order valence-corrected chi connectivity index (χ2v) is 15.5. The molecule has 4 atom stereocenters. The maximum atomic E-state index is 12.7.